The maximum atomic E-state index is 8.04. The molecule has 0 fully saturated rings. The fourth-order valence-corrected chi connectivity index (χ4v) is 13.2. The fourth-order valence-electron chi connectivity index (χ4n) is 13.2. The highest BCUT2D eigenvalue weighted by atomic mass is 17.0. The Kier molecular flexibility index (Phi) is 52.3. The van der Waals surface area contributed by atoms with Gasteiger partial charge in [-0.25, -0.2) is 0 Å². The van der Waals surface area contributed by atoms with Gasteiger partial charge >= 0.3 is 23.5 Å². The Morgan fingerprint density at radius 2 is 0.381 bits per heavy atom. The molecule has 25 nitrogen and oxygen atoms in total. The predicted molar refractivity (Wildman–Crippen MR) is 370 cm³/mol. The largest absolute Gasteiger partial charge is 0.373 e. The summed E-state index contributed by atoms with van der Waals surface area (Å²) >= 11 is 0. The Bertz CT molecular complexity index is 1630. The molecule has 25 heteroatoms. The lowest BCUT2D eigenvalue weighted by Gasteiger charge is -2.64. The Morgan fingerprint density at radius 3 is 0.577 bits per heavy atom. The zero-order valence-corrected chi connectivity index (χ0v) is 65.8. The maximum absolute atomic E-state index is 8.04. The summed E-state index contributed by atoms with van der Waals surface area (Å²) in [6.45, 7) is 46.0. The van der Waals surface area contributed by atoms with Gasteiger partial charge < -0.3 is 114 Å². The number of hydrogen-bond donors (Lipinski definition) is 0. The molecule has 0 bridgehead atoms. The number of ether oxygens (including phenoxy) is 25. The summed E-state index contributed by atoms with van der Waals surface area (Å²) in [5.41, 5.74) is 0. The van der Waals surface area contributed by atoms with Crippen molar-refractivity contribution < 1.29 is 118 Å². The standard InChI is InChI=1S/C72H146O25/c1-25-73-61(57-53-49-51-55-59-63(75-27-3,76-28-4)77-29-5)65(81-33-9,82-34-10)67(85-37-13,86-38-14)69(89-41-17,90-42-18)71(93-45-21,94-46-22)97-72(95-47-23,96-48-24)70(91-43-19,92-44-20)68(87-39-15,88-40-16)66(83-35-11,84-36-12)62(74-26-2)58-54-50-52-56-60-64(78-30-6,79-31-7)80-32-8/h61-62H,25-60H2,1-24H3. The van der Waals surface area contributed by atoms with Crippen molar-refractivity contribution in [2.24, 2.45) is 0 Å². The highest BCUT2D eigenvalue weighted by molar-refractivity contribution is 5.14. The van der Waals surface area contributed by atoms with E-state index >= 15 is 0 Å². The lowest BCUT2D eigenvalue weighted by Crippen LogP contribution is -2.88. The lowest BCUT2D eigenvalue weighted by atomic mass is 9.84. The van der Waals surface area contributed by atoms with E-state index in [0.29, 0.717) is 78.2 Å². The molecule has 0 aromatic rings. The Morgan fingerprint density at radius 1 is 0.186 bits per heavy atom. The van der Waals surface area contributed by atoms with Crippen LogP contribution in [-0.2, 0) is 118 Å². The van der Waals surface area contributed by atoms with Gasteiger partial charge in [0.25, 0.3) is 35.1 Å². The van der Waals surface area contributed by atoms with E-state index in [1.165, 1.54) is 0 Å². The summed E-state index contributed by atoms with van der Waals surface area (Å²) in [6, 6.07) is 0. The van der Waals surface area contributed by atoms with Gasteiger partial charge in [0.05, 0.1) is 0 Å². The van der Waals surface area contributed by atoms with Crippen molar-refractivity contribution in [3.63, 3.8) is 0 Å². The summed E-state index contributed by atoms with van der Waals surface area (Å²) in [6.07, 6.45) is 5.53. The molecule has 97 heavy (non-hydrogen) atoms. The quantitative estimate of drug-likeness (QED) is 0.0407. The van der Waals surface area contributed by atoms with Gasteiger partial charge in [-0.05, 0) is 192 Å². The third kappa shape index (κ3) is 24.0. The van der Waals surface area contributed by atoms with E-state index in [4.69, 9.17) is 118 Å². The summed E-state index contributed by atoms with van der Waals surface area (Å²) < 4.78 is 176. The minimum Gasteiger partial charge on any atom is -0.373 e. The average molecular weight is 1410 g/mol. The molecule has 0 rings (SSSR count). The first-order valence-electron chi connectivity index (χ1n) is 37.9. The van der Waals surface area contributed by atoms with Crippen LogP contribution in [0.2, 0.25) is 0 Å². The third-order valence-corrected chi connectivity index (χ3v) is 15.6. The number of hydrogen-bond acceptors (Lipinski definition) is 25. The van der Waals surface area contributed by atoms with Gasteiger partial charge in [0.15, 0.2) is 0 Å². The normalized spacial score (nSPS) is 14.4. The monoisotopic (exact) mass is 1410 g/mol. The van der Waals surface area contributed by atoms with Crippen molar-refractivity contribution >= 4 is 0 Å². The Hall–Kier alpha value is -1.00. The van der Waals surface area contributed by atoms with Crippen molar-refractivity contribution in [3.05, 3.63) is 0 Å². The molecular weight excluding hydrogens is 1260 g/mol. The molecule has 0 saturated heterocycles. The van der Waals surface area contributed by atoms with Crippen LogP contribution < -0.4 is 0 Å². The second kappa shape index (κ2) is 52.9. The lowest BCUT2D eigenvalue weighted by molar-refractivity contribution is -0.652. The minimum atomic E-state index is -2.85. The molecule has 584 valence electrons. The first-order valence-corrected chi connectivity index (χ1v) is 37.9. The van der Waals surface area contributed by atoms with Crippen LogP contribution in [-0.4, -0.2) is 229 Å². The van der Waals surface area contributed by atoms with Crippen molar-refractivity contribution in [3.8, 4) is 0 Å². The molecule has 0 aliphatic rings. The van der Waals surface area contributed by atoms with Crippen molar-refractivity contribution in [1.82, 2.24) is 0 Å². The fraction of sp³-hybridized carbons (Fsp3) is 1.00. The van der Waals surface area contributed by atoms with Crippen molar-refractivity contribution in [2.75, 3.05) is 159 Å². The van der Waals surface area contributed by atoms with Gasteiger partial charge in [-0.1, -0.05) is 38.5 Å². The zero-order chi connectivity index (χ0) is 73.3. The molecule has 0 aromatic heterocycles. The van der Waals surface area contributed by atoms with Crippen LogP contribution in [0.3, 0.4) is 0 Å². The van der Waals surface area contributed by atoms with E-state index in [1.54, 1.807) is 55.4 Å². The van der Waals surface area contributed by atoms with E-state index in [-0.39, 0.29) is 119 Å². The average Bonchev–Trinajstić information content (AvgIpc) is 0.682. The molecule has 0 radical (unpaired) electrons. The maximum Gasteiger partial charge on any atom is 0.351 e. The second-order valence-corrected chi connectivity index (χ2v) is 21.7. The molecule has 2 atom stereocenters. The van der Waals surface area contributed by atoms with Gasteiger partial charge in [-0.2, -0.15) is 0 Å². The first-order chi connectivity index (χ1) is 46.9. The number of rotatable bonds is 72. The van der Waals surface area contributed by atoms with Gasteiger partial charge in [-0.15, -0.1) is 0 Å². The van der Waals surface area contributed by atoms with Gasteiger partial charge in [0.2, 0.25) is 0 Å². The smallest absolute Gasteiger partial charge is 0.351 e. The zero-order valence-electron chi connectivity index (χ0n) is 65.8. The number of unbranched alkanes of at least 4 members (excludes halogenated alkanes) is 6. The highest BCUT2D eigenvalue weighted by Gasteiger charge is 2.87. The molecule has 0 aliphatic carbocycles. The van der Waals surface area contributed by atoms with Crippen LogP contribution in [0.5, 0.6) is 0 Å². The summed E-state index contributed by atoms with van der Waals surface area (Å²) in [5, 5.41) is 0. The van der Waals surface area contributed by atoms with Crippen molar-refractivity contribution in [2.45, 2.75) is 314 Å². The van der Waals surface area contributed by atoms with Crippen LogP contribution in [0.4, 0.5) is 0 Å². The van der Waals surface area contributed by atoms with E-state index in [1.807, 2.05) is 111 Å². The SMILES string of the molecule is CCOC(CCCCCCC(OCC)(OCC)OCC)C(OCC)(OCC)C(OCC)(OCC)C(OCC)(OCC)C(OCC)(OCC)OC(OCC)(OCC)C(OCC)(OCC)C(OCC)(OCC)C(OCC)(OCC)C(CCCCCCC(OCC)(OCC)OCC)OCC. The highest BCUT2D eigenvalue weighted by Crippen LogP contribution is 2.60. The third-order valence-electron chi connectivity index (χ3n) is 15.6. The summed E-state index contributed by atoms with van der Waals surface area (Å²) in [7, 11) is 0. The molecule has 0 amide bonds. The van der Waals surface area contributed by atoms with E-state index < -0.39 is 70.8 Å². The van der Waals surface area contributed by atoms with Crippen molar-refractivity contribution in [1.29, 1.82) is 0 Å². The van der Waals surface area contributed by atoms with Gasteiger partial charge in [0.1, 0.15) is 12.2 Å². The van der Waals surface area contributed by atoms with Crippen LogP contribution in [0.25, 0.3) is 0 Å². The van der Waals surface area contributed by atoms with Crippen LogP contribution >= 0.6 is 0 Å². The Labute approximate surface area is 588 Å². The summed E-state index contributed by atoms with van der Waals surface area (Å²) in [4.78, 5) is 0. The van der Waals surface area contributed by atoms with Gasteiger partial charge in [-0.3, -0.25) is 4.74 Å². The molecule has 0 spiro atoms. The van der Waals surface area contributed by atoms with Gasteiger partial charge in [0, 0.05) is 171 Å². The van der Waals surface area contributed by atoms with Crippen LogP contribution in [0, 0.1) is 0 Å². The van der Waals surface area contributed by atoms with E-state index in [2.05, 4.69) is 0 Å². The summed E-state index contributed by atoms with van der Waals surface area (Å²) in [5.74, 6) is -22.7. The second-order valence-electron chi connectivity index (χ2n) is 21.7. The molecule has 2 unspecified atom stereocenters. The van der Waals surface area contributed by atoms with E-state index in [9.17, 15) is 0 Å². The molecule has 0 aliphatic heterocycles. The molecule has 0 heterocycles. The molecule has 0 saturated carbocycles. The van der Waals surface area contributed by atoms with E-state index in [0.717, 1.165) is 38.5 Å². The topological polar surface area (TPSA) is 231 Å². The molecule has 0 aromatic carbocycles. The Balaban J connectivity index is 10.0. The van der Waals surface area contributed by atoms with Crippen LogP contribution in [0.1, 0.15) is 243 Å². The first kappa shape index (κ1) is 96.0. The molecule has 0 N–H and O–H groups in total. The minimum absolute atomic E-state index is 0.0323. The predicted octanol–water partition coefficient (Wildman–Crippen LogP) is 14.1. The van der Waals surface area contributed by atoms with Crippen LogP contribution in [0.15, 0.2) is 0 Å². The molecular formula is C72H146O25.